The second-order valence-electron chi connectivity index (χ2n) is 5.85. The number of nitrogens with one attached hydrogen (secondary N) is 3. The van der Waals surface area contributed by atoms with Gasteiger partial charge < -0.3 is 10.6 Å². The number of hydrogen-bond donors (Lipinski definition) is 4. The van der Waals surface area contributed by atoms with Crippen molar-refractivity contribution in [3.8, 4) is 0 Å². The Morgan fingerprint density at radius 1 is 0.885 bits per heavy atom. The van der Waals surface area contributed by atoms with Crippen LogP contribution in [0.15, 0.2) is 66.7 Å². The molecule has 0 fully saturated rings. The van der Waals surface area contributed by atoms with E-state index in [9.17, 15) is 9.59 Å². The predicted molar refractivity (Wildman–Crippen MR) is 100.0 cm³/mol. The van der Waals surface area contributed by atoms with Crippen LogP contribution in [0.1, 0.15) is 15.9 Å². The lowest BCUT2D eigenvalue weighted by Gasteiger charge is -2.08. The Bertz CT molecular complexity index is 923. The first kappa shape index (κ1) is 17.6. The van der Waals surface area contributed by atoms with Crippen LogP contribution in [0, 0.1) is 0 Å². The van der Waals surface area contributed by atoms with Gasteiger partial charge in [0.25, 0.3) is 5.91 Å². The van der Waals surface area contributed by atoms with Crippen LogP contribution in [0.4, 0.5) is 5.69 Å². The van der Waals surface area contributed by atoms with Crippen LogP contribution in [0.3, 0.4) is 0 Å². The molecule has 0 unspecified atom stereocenters. The first-order valence-electron chi connectivity index (χ1n) is 8.18. The van der Waals surface area contributed by atoms with E-state index in [0.717, 1.165) is 5.56 Å². The summed E-state index contributed by atoms with van der Waals surface area (Å²) in [5.74, 6) is -0.773. The van der Waals surface area contributed by atoms with Crippen molar-refractivity contribution >= 4 is 28.3 Å². The second-order valence-corrected chi connectivity index (χ2v) is 5.85. The third-order valence-electron chi connectivity index (χ3n) is 3.96. The molecule has 0 atom stereocenters. The number of benzene rings is 3. The smallest absolute Gasteiger partial charge is 0.274 e. The molecule has 0 spiro atoms. The van der Waals surface area contributed by atoms with E-state index >= 15 is 0 Å². The zero-order valence-electron chi connectivity index (χ0n) is 14.0. The highest BCUT2D eigenvalue weighted by Gasteiger charge is 2.06. The third kappa shape index (κ3) is 4.44. The summed E-state index contributed by atoms with van der Waals surface area (Å²) in [6.07, 6.45) is 0. The summed E-state index contributed by atoms with van der Waals surface area (Å²) in [6, 6.07) is 20.6. The van der Waals surface area contributed by atoms with Gasteiger partial charge in [0.15, 0.2) is 0 Å². The van der Waals surface area contributed by atoms with Gasteiger partial charge in [-0.05, 0) is 46.7 Å². The first-order chi connectivity index (χ1) is 12.7. The summed E-state index contributed by atoms with van der Waals surface area (Å²) < 4.78 is 0. The van der Waals surface area contributed by atoms with E-state index < -0.39 is 5.91 Å². The zero-order valence-corrected chi connectivity index (χ0v) is 14.0. The standard InChI is InChI=1S/C20H19N3O3/c24-19(22-18-9-7-16(8-10-18)20(25)23-26)13-21-12-14-5-6-15-3-1-2-4-17(15)11-14/h1-11,21,26H,12-13H2,(H,22,24)(H,23,25). The Balaban J connectivity index is 1.49. The highest BCUT2D eigenvalue weighted by atomic mass is 16.5. The van der Waals surface area contributed by atoms with Crippen molar-refractivity contribution in [3.63, 3.8) is 0 Å². The molecule has 0 heterocycles. The fourth-order valence-electron chi connectivity index (χ4n) is 2.64. The van der Waals surface area contributed by atoms with Gasteiger partial charge in [-0.25, -0.2) is 5.48 Å². The van der Waals surface area contributed by atoms with Gasteiger partial charge in [0.2, 0.25) is 5.91 Å². The molecule has 132 valence electrons. The fraction of sp³-hybridized carbons (Fsp3) is 0.100. The molecule has 6 nitrogen and oxygen atoms in total. The summed E-state index contributed by atoms with van der Waals surface area (Å²) in [5, 5.41) is 16.8. The maximum absolute atomic E-state index is 12.0. The number of fused-ring (bicyclic) bond motifs is 1. The van der Waals surface area contributed by atoms with Gasteiger partial charge in [-0.2, -0.15) is 0 Å². The lowest BCUT2D eigenvalue weighted by molar-refractivity contribution is -0.115. The maximum atomic E-state index is 12.0. The summed E-state index contributed by atoms with van der Waals surface area (Å²) in [5.41, 5.74) is 3.55. The van der Waals surface area contributed by atoms with Crippen LogP contribution in [-0.2, 0) is 11.3 Å². The van der Waals surface area contributed by atoms with E-state index in [1.54, 1.807) is 17.6 Å². The van der Waals surface area contributed by atoms with Gasteiger partial charge in [-0.3, -0.25) is 14.8 Å². The Morgan fingerprint density at radius 3 is 2.35 bits per heavy atom. The molecule has 4 N–H and O–H groups in total. The Hall–Kier alpha value is -3.22. The maximum Gasteiger partial charge on any atom is 0.274 e. The minimum atomic E-state index is -0.597. The number of amides is 2. The molecule has 0 saturated heterocycles. The van der Waals surface area contributed by atoms with Crippen LogP contribution >= 0.6 is 0 Å². The second kappa shape index (κ2) is 8.24. The van der Waals surface area contributed by atoms with Crippen molar-refractivity contribution in [2.75, 3.05) is 11.9 Å². The molecular formula is C20H19N3O3. The van der Waals surface area contributed by atoms with Crippen molar-refractivity contribution in [3.05, 3.63) is 77.9 Å². The minimum Gasteiger partial charge on any atom is -0.325 e. The fourth-order valence-corrected chi connectivity index (χ4v) is 2.64. The molecule has 6 heteroatoms. The van der Waals surface area contributed by atoms with Crippen molar-refractivity contribution < 1.29 is 14.8 Å². The Kier molecular flexibility index (Phi) is 5.58. The molecule has 0 radical (unpaired) electrons. The molecule has 0 bridgehead atoms. The highest BCUT2D eigenvalue weighted by Crippen LogP contribution is 2.15. The highest BCUT2D eigenvalue weighted by molar-refractivity contribution is 5.95. The first-order valence-corrected chi connectivity index (χ1v) is 8.18. The van der Waals surface area contributed by atoms with E-state index in [1.165, 1.54) is 22.9 Å². The number of rotatable bonds is 6. The van der Waals surface area contributed by atoms with Gasteiger partial charge >= 0.3 is 0 Å². The zero-order chi connectivity index (χ0) is 18.4. The third-order valence-corrected chi connectivity index (χ3v) is 3.96. The van der Waals surface area contributed by atoms with Crippen LogP contribution in [-0.4, -0.2) is 23.6 Å². The van der Waals surface area contributed by atoms with Gasteiger partial charge in [0, 0.05) is 17.8 Å². The van der Waals surface area contributed by atoms with E-state index in [2.05, 4.69) is 34.9 Å². The van der Waals surface area contributed by atoms with Gasteiger partial charge in [-0.15, -0.1) is 0 Å². The van der Waals surface area contributed by atoms with E-state index in [0.29, 0.717) is 17.8 Å². The van der Waals surface area contributed by atoms with Crippen LogP contribution in [0.25, 0.3) is 10.8 Å². The summed E-state index contributed by atoms with van der Waals surface area (Å²) in [6.45, 7) is 0.763. The number of hydroxylamine groups is 1. The summed E-state index contributed by atoms with van der Waals surface area (Å²) in [4.78, 5) is 23.2. The number of hydrogen-bond acceptors (Lipinski definition) is 4. The molecule has 3 aromatic carbocycles. The van der Waals surface area contributed by atoms with Crippen LogP contribution < -0.4 is 16.1 Å². The van der Waals surface area contributed by atoms with Crippen molar-refractivity contribution in [1.82, 2.24) is 10.8 Å². The van der Waals surface area contributed by atoms with Gasteiger partial charge in [0.1, 0.15) is 0 Å². The predicted octanol–water partition coefficient (Wildman–Crippen LogP) is 2.69. The van der Waals surface area contributed by atoms with Crippen molar-refractivity contribution in [2.45, 2.75) is 6.54 Å². The molecule has 0 saturated carbocycles. The Labute approximate surface area is 150 Å². The quantitative estimate of drug-likeness (QED) is 0.407. The molecular weight excluding hydrogens is 330 g/mol. The number of carbonyl (C=O) groups is 2. The lowest BCUT2D eigenvalue weighted by Crippen LogP contribution is -2.27. The summed E-state index contributed by atoms with van der Waals surface area (Å²) >= 11 is 0. The van der Waals surface area contributed by atoms with Crippen molar-refractivity contribution in [1.29, 1.82) is 0 Å². The SMILES string of the molecule is O=C(CNCc1ccc2ccccc2c1)Nc1ccc(C(=O)NO)cc1. The number of carbonyl (C=O) groups excluding carboxylic acids is 2. The summed E-state index contributed by atoms with van der Waals surface area (Å²) in [7, 11) is 0. The minimum absolute atomic E-state index is 0.172. The molecule has 0 aliphatic carbocycles. The number of anilines is 1. The molecule has 0 aliphatic heterocycles. The van der Waals surface area contributed by atoms with E-state index in [-0.39, 0.29) is 12.5 Å². The molecule has 0 aromatic heterocycles. The van der Waals surface area contributed by atoms with E-state index in [4.69, 9.17) is 5.21 Å². The largest absolute Gasteiger partial charge is 0.325 e. The van der Waals surface area contributed by atoms with E-state index in [1.807, 2.05) is 18.2 Å². The molecule has 3 rings (SSSR count). The average Bonchev–Trinajstić information content (AvgIpc) is 2.68. The average molecular weight is 349 g/mol. The monoisotopic (exact) mass is 349 g/mol. The normalized spacial score (nSPS) is 10.5. The van der Waals surface area contributed by atoms with Crippen LogP contribution in [0.5, 0.6) is 0 Å². The lowest BCUT2D eigenvalue weighted by atomic mass is 10.1. The molecule has 2 amide bonds. The Morgan fingerprint density at radius 2 is 1.62 bits per heavy atom. The van der Waals surface area contributed by atoms with Gasteiger partial charge in [0.05, 0.1) is 6.54 Å². The molecule has 3 aromatic rings. The molecule has 26 heavy (non-hydrogen) atoms. The van der Waals surface area contributed by atoms with Gasteiger partial charge in [-0.1, -0.05) is 36.4 Å². The van der Waals surface area contributed by atoms with Crippen molar-refractivity contribution in [2.24, 2.45) is 0 Å². The van der Waals surface area contributed by atoms with Crippen LogP contribution in [0.2, 0.25) is 0 Å². The topological polar surface area (TPSA) is 90.5 Å². The molecule has 0 aliphatic rings.